The molecule has 192 valence electrons. The molecule has 4 N–H and O–H groups in total. The van der Waals surface area contributed by atoms with Crippen LogP contribution in [0.5, 0.6) is 0 Å². The molecule has 0 aromatic carbocycles. The third kappa shape index (κ3) is 23.2. The van der Waals surface area contributed by atoms with E-state index in [1.54, 1.807) is 0 Å². The molecule has 11 nitrogen and oxygen atoms in total. The molecule has 0 heterocycles. The number of rotatable bonds is 27. The van der Waals surface area contributed by atoms with Crippen LogP contribution in [0.2, 0.25) is 0 Å². The zero-order valence-electron chi connectivity index (χ0n) is 19.7. The Hall–Kier alpha value is -0.0100. The molecule has 0 aromatic rings. The standard InChI is InChI=1S/C20H45N2O9P/c1-2-3-4-5-6-7-8-9-10-24-11-12-25-13-14-26-15-16-27-17-18-28-19-20-29-32(23,30-21)31-22/h2-22H2,1H3/q+2. The number of nitrogens with two attached hydrogens (primary N) is 2. The Morgan fingerprint density at radius 2 is 1.03 bits per heavy atom. The Morgan fingerprint density at radius 3 is 1.53 bits per heavy atom. The molecule has 0 rings (SSSR count). The quantitative estimate of drug-likeness (QED) is 0.0764. The largest absolute Gasteiger partial charge is 0.646 e. The summed E-state index contributed by atoms with van der Waals surface area (Å²) in [7, 11) is -3.87. The van der Waals surface area contributed by atoms with Crippen molar-refractivity contribution in [3.05, 3.63) is 0 Å². The van der Waals surface area contributed by atoms with Crippen molar-refractivity contribution in [1.29, 1.82) is 0 Å². The first kappa shape index (κ1) is 32.0. The molecule has 0 fully saturated rings. The zero-order valence-corrected chi connectivity index (χ0v) is 20.6. The van der Waals surface area contributed by atoms with Crippen LogP contribution in [0.4, 0.5) is 0 Å². The Morgan fingerprint density at radius 1 is 0.594 bits per heavy atom. The average Bonchev–Trinajstić information content (AvgIpc) is 2.81. The van der Waals surface area contributed by atoms with Gasteiger partial charge in [-0.3, -0.25) is 0 Å². The van der Waals surface area contributed by atoms with Crippen molar-refractivity contribution in [2.75, 3.05) is 72.7 Å². The smallest absolute Gasteiger partial charge is 0.377 e. The molecule has 12 heteroatoms. The van der Waals surface area contributed by atoms with Crippen LogP contribution in [0, 0.1) is 0 Å². The fraction of sp³-hybridized carbons (Fsp3) is 1.00. The molecule has 0 aliphatic rings. The van der Waals surface area contributed by atoms with Gasteiger partial charge in [-0.25, -0.2) is 0 Å². The van der Waals surface area contributed by atoms with Crippen LogP contribution in [-0.2, 0) is 42.4 Å². The summed E-state index contributed by atoms with van der Waals surface area (Å²) in [6.45, 7) is 7.12. The maximum absolute atomic E-state index is 11.3. The first-order valence-corrected chi connectivity index (χ1v) is 13.0. The van der Waals surface area contributed by atoms with Gasteiger partial charge in [0.1, 0.15) is 13.2 Å². The van der Waals surface area contributed by atoms with Crippen LogP contribution < -0.4 is 11.8 Å². The van der Waals surface area contributed by atoms with Gasteiger partial charge in [-0.05, 0) is 6.42 Å². The third-order valence-corrected chi connectivity index (χ3v) is 5.38. The first-order valence-electron chi connectivity index (χ1n) is 11.6. The van der Waals surface area contributed by atoms with E-state index >= 15 is 0 Å². The van der Waals surface area contributed by atoms with E-state index in [2.05, 4.69) is 16.2 Å². The number of hydrogen-bond donors (Lipinski definition) is 2. The molecule has 0 saturated heterocycles. The monoisotopic (exact) mass is 488 g/mol. The second kappa shape index (κ2) is 25.6. The molecule has 0 aromatic heterocycles. The summed E-state index contributed by atoms with van der Waals surface area (Å²) >= 11 is 0. The lowest BCUT2D eigenvalue weighted by molar-refractivity contribution is -0.0156. The van der Waals surface area contributed by atoms with Gasteiger partial charge in [0.05, 0.1) is 51.1 Å². The summed E-state index contributed by atoms with van der Waals surface area (Å²) < 4.78 is 39.8. The highest BCUT2D eigenvalue weighted by molar-refractivity contribution is 7.55. The Balaban J connectivity index is 3.09. The van der Waals surface area contributed by atoms with E-state index in [1.807, 2.05) is 0 Å². The highest BCUT2D eigenvalue weighted by atomic mass is 31.2. The number of ether oxygens (including phenoxy) is 5. The van der Waals surface area contributed by atoms with Crippen molar-refractivity contribution >= 4 is 8.17 Å². The molecule has 0 amide bonds. The average molecular weight is 489 g/mol. The highest BCUT2D eigenvalue weighted by Crippen LogP contribution is 2.55. The van der Waals surface area contributed by atoms with Gasteiger partial charge in [0.2, 0.25) is 13.2 Å². The van der Waals surface area contributed by atoms with Crippen molar-refractivity contribution in [1.82, 2.24) is 0 Å². The second-order valence-electron chi connectivity index (χ2n) is 7.03. The maximum atomic E-state index is 11.3. The summed E-state index contributed by atoms with van der Waals surface area (Å²) in [5, 5.41) is 0. The lowest BCUT2D eigenvalue weighted by atomic mass is 10.1. The molecule has 0 aliphatic carbocycles. The fourth-order valence-electron chi connectivity index (χ4n) is 2.61. The van der Waals surface area contributed by atoms with Crippen LogP contribution in [0.3, 0.4) is 0 Å². The molecule has 0 unspecified atom stereocenters. The topological polar surface area (TPSA) is 148 Å². The summed E-state index contributed by atoms with van der Waals surface area (Å²) in [6, 6.07) is 0. The van der Waals surface area contributed by atoms with Crippen molar-refractivity contribution in [2.24, 2.45) is 11.8 Å². The summed E-state index contributed by atoms with van der Waals surface area (Å²) in [5.41, 5.74) is 0. The summed E-state index contributed by atoms with van der Waals surface area (Å²) in [5.74, 6) is 9.47. The van der Waals surface area contributed by atoms with Crippen LogP contribution in [0.15, 0.2) is 0 Å². The normalized spacial score (nSPS) is 12.0. The minimum atomic E-state index is -3.87. The van der Waals surface area contributed by atoms with Gasteiger partial charge in [0.25, 0.3) is 0 Å². The van der Waals surface area contributed by atoms with Crippen molar-refractivity contribution in [3.8, 4) is 0 Å². The Labute approximate surface area is 193 Å². The van der Waals surface area contributed by atoms with Gasteiger partial charge in [-0.2, -0.15) is 11.8 Å². The lowest BCUT2D eigenvalue weighted by Gasteiger charge is -2.08. The highest BCUT2D eigenvalue weighted by Gasteiger charge is 2.48. The van der Waals surface area contributed by atoms with E-state index in [0.29, 0.717) is 52.9 Å². The van der Waals surface area contributed by atoms with Crippen LogP contribution in [0.1, 0.15) is 58.3 Å². The SMILES string of the molecule is CCCCCCCCCC[O+]CCOCCOCCOCCOCCO[P+]([O])(ON)ON. The molecular weight excluding hydrogens is 443 g/mol. The van der Waals surface area contributed by atoms with Crippen LogP contribution in [-0.4, -0.2) is 72.7 Å². The van der Waals surface area contributed by atoms with Crippen molar-refractivity contribution < 1.29 is 42.4 Å². The molecule has 0 saturated carbocycles. The number of unbranched alkanes of at least 4 members (excludes halogenated alkanes) is 7. The summed E-state index contributed by atoms with van der Waals surface area (Å²) in [6.07, 6.45) is 10.4. The maximum Gasteiger partial charge on any atom is 0.646 e. The minimum Gasteiger partial charge on any atom is -0.377 e. The van der Waals surface area contributed by atoms with E-state index in [0.717, 1.165) is 13.0 Å². The van der Waals surface area contributed by atoms with Gasteiger partial charge >= 0.3 is 8.17 Å². The molecule has 2 radical (unpaired) electrons. The molecule has 0 spiro atoms. The van der Waals surface area contributed by atoms with E-state index in [1.165, 1.54) is 44.9 Å². The molecule has 0 atom stereocenters. The van der Waals surface area contributed by atoms with Crippen LogP contribution >= 0.6 is 8.17 Å². The van der Waals surface area contributed by atoms with E-state index in [-0.39, 0.29) is 13.2 Å². The predicted molar refractivity (Wildman–Crippen MR) is 121 cm³/mol. The zero-order chi connectivity index (χ0) is 23.6. The van der Waals surface area contributed by atoms with E-state index < -0.39 is 8.17 Å². The minimum absolute atomic E-state index is 0.0426. The van der Waals surface area contributed by atoms with Gasteiger partial charge in [-0.15, -0.1) is 9.26 Å². The second-order valence-corrected chi connectivity index (χ2v) is 8.60. The third-order valence-electron chi connectivity index (χ3n) is 4.37. The molecule has 0 bridgehead atoms. The predicted octanol–water partition coefficient (Wildman–Crippen LogP) is 3.12. The fourth-order valence-corrected chi connectivity index (χ4v) is 3.08. The van der Waals surface area contributed by atoms with E-state index in [4.69, 9.17) is 40.0 Å². The Bertz CT molecular complexity index is 370. The molecule has 0 aliphatic heterocycles. The van der Waals surface area contributed by atoms with Crippen molar-refractivity contribution in [2.45, 2.75) is 58.3 Å². The van der Waals surface area contributed by atoms with E-state index in [9.17, 15) is 4.89 Å². The first-order chi connectivity index (χ1) is 15.7. The molecule has 32 heavy (non-hydrogen) atoms. The Kier molecular flexibility index (Phi) is 25.6. The number of hydrogen-bond acceptors (Lipinski definition) is 10. The molecular formula is C20H45N2O9P+2. The van der Waals surface area contributed by atoms with Crippen LogP contribution in [0.25, 0.3) is 0 Å². The van der Waals surface area contributed by atoms with Gasteiger partial charge < -0.3 is 18.9 Å². The summed E-state index contributed by atoms with van der Waals surface area (Å²) in [4.78, 5) is 11.3. The van der Waals surface area contributed by atoms with Gasteiger partial charge in [-0.1, -0.05) is 54.7 Å². The lowest BCUT2D eigenvalue weighted by Crippen LogP contribution is -2.16. The van der Waals surface area contributed by atoms with Crippen molar-refractivity contribution in [3.63, 3.8) is 0 Å². The van der Waals surface area contributed by atoms with Gasteiger partial charge in [0.15, 0.2) is 0 Å². The van der Waals surface area contributed by atoms with Gasteiger partial charge in [0, 0.05) is 6.42 Å².